The number of halogens is 1. The number of rotatable bonds is 10. The zero-order chi connectivity index (χ0) is 27.0. The fourth-order valence-corrected chi connectivity index (χ4v) is 5.56. The van der Waals surface area contributed by atoms with Crippen molar-refractivity contribution in [3.05, 3.63) is 47.5 Å². The lowest BCUT2D eigenvalue weighted by molar-refractivity contribution is -0.134. The van der Waals surface area contributed by atoms with Gasteiger partial charge in [0.2, 0.25) is 11.8 Å². The number of benzene rings is 1. The predicted molar refractivity (Wildman–Crippen MR) is 141 cm³/mol. The molecule has 3 aliphatic rings. The van der Waals surface area contributed by atoms with Crippen molar-refractivity contribution in [1.82, 2.24) is 25.5 Å². The third-order valence-corrected chi connectivity index (χ3v) is 7.93. The summed E-state index contributed by atoms with van der Waals surface area (Å²) in [5, 5.41) is 11.5. The molecule has 1 saturated heterocycles. The van der Waals surface area contributed by atoms with E-state index >= 15 is 4.39 Å². The highest BCUT2D eigenvalue weighted by atomic mass is 19.1. The van der Waals surface area contributed by atoms with Gasteiger partial charge in [0.05, 0.1) is 11.6 Å². The maximum atomic E-state index is 15.2. The molecule has 3 amide bonds. The molecule has 3 fully saturated rings. The highest BCUT2D eigenvalue weighted by molar-refractivity contribution is 6.01. The quantitative estimate of drug-likeness (QED) is 0.440. The van der Waals surface area contributed by atoms with E-state index in [1.807, 2.05) is 13.8 Å². The van der Waals surface area contributed by atoms with Crippen molar-refractivity contribution >= 4 is 23.4 Å². The van der Waals surface area contributed by atoms with E-state index in [2.05, 4.69) is 21.2 Å². The second kappa shape index (κ2) is 10.8. The Morgan fingerprint density at radius 3 is 2.37 bits per heavy atom. The lowest BCUT2D eigenvalue weighted by Gasteiger charge is -2.28. The van der Waals surface area contributed by atoms with Gasteiger partial charge in [-0.3, -0.25) is 24.1 Å². The highest BCUT2D eigenvalue weighted by Gasteiger charge is 2.48. The van der Waals surface area contributed by atoms with Gasteiger partial charge in [-0.15, -0.1) is 0 Å². The molecule has 2 heterocycles. The molecule has 2 unspecified atom stereocenters. The number of carbonyl (C=O) groups excluding carboxylic acids is 3. The van der Waals surface area contributed by atoms with Crippen LogP contribution in [0.5, 0.6) is 0 Å². The molecule has 2 saturated carbocycles. The Morgan fingerprint density at radius 1 is 1.08 bits per heavy atom. The first-order valence-electron chi connectivity index (χ1n) is 13.7. The monoisotopic (exact) mass is 524 g/mol. The summed E-state index contributed by atoms with van der Waals surface area (Å²) in [5.74, 6) is -1.25. The molecule has 5 rings (SSSR count). The van der Waals surface area contributed by atoms with Crippen LogP contribution in [0.4, 0.5) is 10.1 Å². The third kappa shape index (κ3) is 5.60. The predicted octanol–water partition coefficient (Wildman–Crippen LogP) is 3.62. The summed E-state index contributed by atoms with van der Waals surface area (Å²) in [5.41, 5.74) is 4.01. The second-order valence-electron chi connectivity index (χ2n) is 11.2. The Balaban J connectivity index is 1.33. The van der Waals surface area contributed by atoms with Gasteiger partial charge in [-0.1, -0.05) is 6.07 Å². The van der Waals surface area contributed by atoms with Crippen LogP contribution >= 0.6 is 0 Å². The summed E-state index contributed by atoms with van der Waals surface area (Å²) >= 11 is 0. The molecule has 1 aromatic heterocycles. The molecule has 0 spiro atoms. The van der Waals surface area contributed by atoms with E-state index in [1.54, 1.807) is 34.9 Å². The molecule has 0 bridgehead atoms. The van der Waals surface area contributed by atoms with Gasteiger partial charge < -0.3 is 10.6 Å². The minimum Gasteiger partial charge on any atom is -0.339 e. The largest absolute Gasteiger partial charge is 0.339 e. The van der Waals surface area contributed by atoms with E-state index < -0.39 is 23.7 Å². The van der Waals surface area contributed by atoms with Crippen LogP contribution < -0.4 is 16.1 Å². The third-order valence-electron chi connectivity index (χ3n) is 7.93. The van der Waals surface area contributed by atoms with Crippen molar-refractivity contribution in [2.24, 2.45) is 17.8 Å². The minimum absolute atomic E-state index is 0.0104. The van der Waals surface area contributed by atoms with E-state index in [0.29, 0.717) is 29.6 Å². The fourth-order valence-electron chi connectivity index (χ4n) is 5.56. The molecule has 2 aliphatic carbocycles. The molecule has 3 N–H and O–H groups in total. The number of aromatic nitrogens is 2. The van der Waals surface area contributed by atoms with Crippen LogP contribution in [0.2, 0.25) is 0 Å². The number of hydrogen-bond donors (Lipinski definition) is 3. The minimum atomic E-state index is -0.779. The summed E-state index contributed by atoms with van der Waals surface area (Å²) in [4.78, 5) is 39.6. The molecule has 0 radical (unpaired) electrons. The Hall–Kier alpha value is -3.27. The van der Waals surface area contributed by atoms with Crippen molar-refractivity contribution in [1.29, 1.82) is 0 Å². The molecule has 2 aromatic rings. The number of anilines is 1. The molecule has 10 heteroatoms. The van der Waals surface area contributed by atoms with Gasteiger partial charge in [0.25, 0.3) is 5.91 Å². The molecular formula is C28H37FN6O3. The van der Waals surface area contributed by atoms with Crippen LogP contribution in [0.25, 0.3) is 0 Å². The topological polar surface area (TPSA) is 108 Å². The summed E-state index contributed by atoms with van der Waals surface area (Å²) in [6, 6.07) is 5.34. The average molecular weight is 525 g/mol. The van der Waals surface area contributed by atoms with Crippen molar-refractivity contribution in [3.63, 3.8) is 0 Å². The molecule has 2 atom stereocenters. The van der Waals surface area contributed by atoms with Gasteiger partial charge in [0.15, 0.2) is 0 Å². The van der Waals surface area contributed by atoms with Crippen LogP contribution in [-0.2, 0) is 9.59 Å². The van der Waals surface area contributed by atoms with Gasteiger partial charge >= 0.3 is 0 Å². The zero-order valence-corrected chi connectivity index (χ0v) is 22.2. The summed E-state index contributed by atoms with van der Waals surface area (Å²) in [6.45, 7) is 7.01. The van der Waals surface area contributed by atoms with Gasteiger partial charge in [-0.2, -0.15) is 5.10 Å². The summed E-state index contributed by atoms with van der Waals surface area (Å²) in [6.07, 6.45) is 6.60. The van der Waals surface area contributed by atoms with Crippen molar-refractivity contribution in [2.75, 3.05) is 18.4 Å². The Kier molecular flexibility index (Phi) is 7.52. The maximum Gasteiger partial charge on any atom is 0.270 e. The smallest absolute Gasteiger partial charge is 0.270 e. The number of nitrogens with zero attached hydrogens (tertiary/aromatic N) is 3. The Labute approximate surface area is 222 Å². The maximum absolute atomic E-state index is 15.2. The molecule has 9 nitrogen and oxygen atoms in total. The second-order valence-corrected chi connectivity index (χ2v) is 11.2. The number of hydrazine groups is 1. The van der Waals surface area contributed by atoms with Crippen molar-refractivity contribution in [3.8, 4) is 0 Å². The van der Waals surface area contributed by atoms with E-state index in [9.17, 15) is 14.4 Å². The number of nitrogens with one attached hydrogen (secondary N) is 3. The van der Waals surface area contributed by atoms with Crippen LogP contribution in [0.3, 0.4) is 0 Å². The van der Waals surface area contributed by atoms with Gasteiger partial charge in [0, 0.05) is 25.3 Å². The first-order chi connectivity index (χ1) is 18.2. The zero-order valence-electron chi connectivity index (χ0n) is 22.2. The molecule has 204 valence electrons. The van der Waals surface area contributed by atoms with E-state index in [-0.39, 0.29) is 29.5 Å². The lowest BCUT2D eigenvalue weighted by atomic mass is 9.88. The summed E-state index contributed by atoms with van der Waals surface area (Å²) in [7, 11) is 0. The molecule has 1 aliphatic heterocycles. The first kappa shape index (κ1) is 26.3. The SMILES string of the molecule is CC(C(=O)N1CCCN1)c1ccc(NC(=O)C(NC(=O)c2ccnn2C(C)C)C(C2CC2)C2CC2)c(F)c1. The van der Waals surface area contributed by atoms with Crippen molar-refractivity contribution in [2.45, 2.75) is 70.9 Å². The number of hydrogen-bond acceptors (Lipinski definition) is 5. The van der Waals surface area contributed by atoms with Crippen LogP contribution in [0, 0.1) is 23.6 Å². The van der Waals surface area contributed by atoms with Gasteiger partial charge in [0.1, 0.15) is 17.6 Å². The fraction of sp³-hybridized carbons (Fsp3) is 0.571. The average Bonchev–Trinajstić information content (AvgIpc) is 3.80. The molecule has 38 heavy (non-hydrogen) atoms. The highest BCUT2D eigenvalue weighted by Crippen LogP contribution is 2.51. The Morgan fingerprint density at radius 2 is 1.79 bits per heavy atom. The van der Waals surface area contributed by atoms with Gasteiger partial charge in [-0.25, -0.2) is 9.82 Å². The van der Waals surface area contributed by atoms with Crippen LogP contribution in [0.1, 0.15) is 80.9 Å². The van der Waals surface area contributed by atoms with Crippen LogP contribution in [0.15, 0.2) is 30.5 Å². The first-order valence-corrected chi connectivity index (χ1v) is 13.7. The van der Waals surface area contributed by atoms with Crippen LogP contribution in [-0.4, -0.2) is 51.6 Å². The van der Waals surface area contributed by atoms with E-state index in [1.165, 1.54) is 12.1 Å². The number of carbonyl (C=O) groups is 3. The molecular weight excluding hydrogens is 487 g/mol. The van der Waals surface area contributed by atoms with Crippen molar-refractivity contribution < 1.29 is 18.8 Å². The van der Waals surface area contributed by atoms with E-state index in [4.69, 9.17) is 0 Å². The lowest BCUT2D eigenvalue weighted by Crippen LogP contribution is -2.50. The Bertz CT molecular complexity index is 1190. The molecule has 1 aromatic carbocycles. The van der Waals surface area contributed by atoms with E-state index in [0.717, 1.165) is 38.6 Å². The normalized spacial score (nSPS) is 19.1. The number of amides is 3. The van der Waals surface area contributed by atoms with Gasteiger partial charge in [-0.05, 0) is 94.4 Å². The standard InChI is InChI=1S/C28H37FN6O3/c1-16(2)35-23(11-13-31-35)26(36)33-25(24(18-5-6-18)19-7-8-19)27(37)32-22-10-9-20(15-21(22)29)17(3)28(38)34-14-4-12-30-34/h9-11,13,15-19,24-25,30H,4-8,12,14H2,1-3H3,(H,32,37)(H,33,36). The summed E-state index contributed by atoms with van der Waals surface area (Å²) < 4.78 is 16.8.